The third kappa shape index (κ3) is 16.9. The molecule has 0 aliphatic carbocycles. The molecule has 2 rings (SSSR count). The lowest BCUT2D eigenvalue weighted by molar-refractivity contribution is -0.137. The molecule has 0 aromatic heterocycles. The van der Waals surface area contributed by atoms with Crippen molar-refractivity contribution in [3.05, 3.63) is 54.1 Å². The monoisotopic (exact) mass is 687 g/mol. The number of aromatic carboxylic acids is 1. The lowest BCUT2D eigenvalue weighted by Crippen LogP contribution is -2.44. The first-order chi connectivity index (χ1) is 23.0. The lowest BCUT2D eigenvalue weighted by atomic mass is 10.0. The Morgan fingerprint density at radius 2 is 1.21 bits per heavy atom. The second kappa shape index (κ2) is 22.7. The fourth-order valence-electron chi connectivity index (χ4n) is 5.32. The minimum atomic E-state index is -4.26. The number of nitrogens with one attached hydrogen (secondary N) is 3. The van der Waals surface area contributed by atoms with Gasteiger partial charge in [0.15, 0.2) is 0 Å². The molecule has 0 aliphatic rings. The molecule has 2 aromatic rings. The molecule has 0 saturated carbocycles. The normalized spacial score (nSPS) is 11.9. The van der Waals surface area contributed by atoms with Crippen molar-refractivity contribution in [2.45, 2.75) is 133 Å². The maximum absolute atomic E-state index is 13.1. The number of benzene rings is 2. The fraction of sp³-hybridized carbons (Fsp3) is 0.556. The van der Waals surface area contributed by atoms with Crippen molar-refractivity contribution in [1.82, 2.24) is 4.72 Å². The average Bonchev–Trinajstić information content (AvgIpc) is 3.05. The first-order valence-electron chi connectivity index (χ1n) is 17.3. The zero-order chi connectivity index (χ0) is 35.2. The van der Waals surface area contributed by atoms with E-state index in [0.29, 0.717) is 12.1 Å². The van der Waals surface area contributed by atoms with E-state index < -0.39 is 40.3 Å². The van der Waals surface area contributed by atoms with E-state index in [4.69, 9.17) is 5.11 Å². The van der Waals surface area contributed by atoms with Gasteiger partial charge in [0.1, 0.15) is 6.04 Å². The second-order valence-corrected chi connectivity index (χ2v) is 14.0. The highest BCUT2D eigenvalue weighted by molar-refractivity contribution is 7.89. The predicted molar refractivity (Wildman–Crippen MR) is 188 cm³/mol. The summed E-state index contributed by atoms with van der Waals surface area (Å²) in [5.41, 5.74) is 0.458. The molecule has 0 radical (unpaired) electrons. The second-order valence-electron chi connectivity index (χ2n) is 12.3. The molecule has 0 saturated heterocycles. The van der Waals surface area contributed by atoms with Crippen LogP contribution < -0.4 is 15.4 Å². The molecule has 0 fully saturated rings. The molecule has 0 unspecified atom stereocenters. The minimum absolute atomic E-state index is 0.0857. The SMILES string of the molecule is CCCCCCCCCCCCCCCCCC(=O)Nc1ccc(S(=O)(=O)N[C@H](CCC(=O)O)C(=O)Nc2cccc(C(=O)O)c2)cc1. The zero-order valence-corrected chi connectivity index (χ0v) is 29.0. The number of carbonyl (C=O) groups excluding carboxylic acids is 2. The van der Waals surface area contributed by atoms with Crippen LogP contribution in [-0.2, 0) is 24.4 Å². The zero-order valence-electron chi connectivity index (χ0n) is 28.2. The van der Waals surface area contributed by atoms with Gasteiger partial charge in [0.25, 0.3) is 0 Å². The maximum Gasteiger partial charge on any atom is 0.335 e. The number of anilines is 2. The smallest absolute Gasteiger partial charge is 0.335 e. The van der Waals surface area contributed by atoms with Crippen LogP contribution in [0.3, 0.4) is 0 Å². The highest BCUT2D eigenvalue weighted by atomic mass is 32.2. The predicted octanol–water partition coefficient (Wildman–Crippen LogP) is 7.74. The van der Waals surface area contributed by atoms with Gasteiger partial charge in [0.2, 0.25) is 21.8 Å². The molecular weight excluding hydrogens is 634 g/mol. The molecule has 11 nitrogen and oxygen atoms in total. The molecule has 0 bridgehead atoms. The Hall–Kier alpha value is -3.77. The molecule has 2 aromatic carbocycles. The Morgan fingerprint density at radius 1 is 0.667 bits per heavy atom. The van der Waals surface area contributed by atoms with E-state index in [0.717, 1.165) is 19.3 Å². The first kappa shape index (κ1) is 40.4. The Balaban J connectivity index is 1.74. The number of hydrogen-bond acceptors (Lipinski definition) is 6. The standard InChI is InChI=1S/C36H53N3O8S/c1-2-3-4-5-6-7-8-9-10-11-12-13-14-15-16-20-33(40)37-29-21-23-31(24-22-29)48(46,47)39-32(25-26-34(41)42)35(43)38-30-19-17-18-28(27-30)36(44)45/h17-19,21-24,27,32,39H,2-16,20,25-26H2,1H3,(H,37,40)(H,38,43)(H,41,42)(H,44,45)/t32-/m1/s1. The van der Waals surface area contributed by atoms with Crippen LogP contribution in [0.25, 0.3) is 0 Å². The van der Waals surface area contributed by atoms with E-state index >= 15 is 0 Å². The first-order valence-corrected chi connectivity index (χ1v) is 18.8. The van der Waals surface area contributed by atoms with E-state index in [1.807, 2.05) is 0 Å². The van der Waals surface area contributed by atoms with Gasteiger partial charge >= 0.3 is 11.9 Å². The Kier molecular flexibility index (Phi) is 19.1. The quantitative estimate of drug-likeness (QED) is 0.0623. The summed E-state index contributed by atoms with van der Waals surface area (Å²) < 4.78 is 28.4. The molecule has 5 N–H and O–H groups in total. The minimum Gasteiger partial charge on any atom is -0.481 e. The van der Waals surface area contributed by atoms with E-state index in [9.17, 15) is 32.7 Å². The average molecular weight is 688 g/mol. The van der Waals surface area contributed by atoms with Crippen molar-refractivity contribution in [2.24, 2.45) is 0 Å². The maximum atomic E-state index is 13.1. The number of carboxylic acid groups (broad SMARTS) is 2. The number of carbonyl (C=O) groups is 4. The van der Waals surface area contributed by atoms with Crippen LogP contribution >= 0.6 is 0 Å². The van der Waals surface area contributed by atoms with Gasteiger partial charge in [-0.2, -0.15) is 4.72 Å². The Bertz CT molecular complexity index is 1400. The highest BCUT2D eigenvalue weighted by Crippen LogP contribution is 2.18. The molecule has 266 valence electrons. The van der Waals surface area contributed by atoms with Crippen LogP contribution in [0, 0.1) is 0 Å². The lowest BCUT2D eigenvalue weighted by Gasteiger charge is -2.18. The molecule has 0 aliphatic heterocycles. The highest BCUT2D eigenvalue weighted by Gasteiger charge is 2.27. The van der Waals surface area contributed by atoms with E-state index in [-0.39, 0.29) is 28.5 Å². The molecule has 1 atom stereocenters. The van der Waals surface area contributed by atoms with Gasteiger partial charge in [-0.15, -0.1) is 0 Å². The summed E-state index contributed by atoms with van der Waals surface area (Å²) >= 11 is 0. The van der Waals surface area contributed by atoms with Crippen molar-refractivity contribution in [3.8, 4) is 0 Å². The van der Waals surface area contributed by atoms with Crippen LogP contribution in [0.15, 0.2) is 53.4 Å². The number of rotatable bonds is 26. The number of carboxylic acids is 2. The third-order valence-electron chi connectivity index (χ3n) is 8.09. The van der Waals surface area contributed by atoms with E-state index in [1.54, 1.807) is 0 Å². The van der Waals surface area contributed by atoms with Crippen LogP contribution in [0.2, 0.25) is 0 Å². The number of hydrogen-bond donors (Lipinski definition) is 5. The van der Waals surface area contributed by atoms with Crippen molar-refractivity contribution in [2.75, 3.05) is 10.6 Å². The van der Waals surface area contributed by atoms with Crippen molar-refractivity contribution >= 4 is 45.2 Å². The topological polar surface area (TPSA) is 179 Å². The van der Waals surface area contributed by atoms with Gasteiger partial charge in [0, 0.05) is 24.2 Å². The van der Waals surface area contributed by atoms with Gasteiger partial charge < -0.3 is 20.8 Å². The van der Waals surface area contributed by atoms with Crippen molar-refractivity contribution < 1.29 is 37.8 Å². The summed E-state index contributed by atoms with van der Waals surface area (Å²) in [5, 5.41) is 23.5. The summed E-state index contributed by atoms with van der Waals surface area (Å²) in [7, 11) is -4.26. The number of sulfonamides is 1. The van der Waals surface area contributed by atoms with Gasteiger partial charge in [-0.25, -0.2) is 13.2 Å². The molecule has 0 heterocycles. The molecular formula is C36H53N3O8S. The summed E-state index contributed by atoms with van der Waals surface area (Å²) in [5.74, 6) is -3.43. The van der Waals surface area contributed by atoms with Crippen molar-refractivity contribution in [1.29, 1.82) is 0 Å². The molecule has 2 amide bonds. The molecule has 12 heteroatoms. The molecule has 48 heavy (non-hydrogen) atoms. The van der Waals surface area contributed by atoms with Crippen molar-refractivity contribution in [3.63, 3.8) is 0 Å². The van der Waals surface area contributed by atoms with Crippen LogP contribution in [0.5, 0.6) is 0 Å². The Labute approximate surface area is 285 Å². The van der Waals surface area contributed by atoms with Gasteiger partial charge in [-0.1, -0.05) is 103 Å². The fourth-order valence-corrected chi connectivity index (χ4v) is 6.55. The van der Waals surface area contributed by atoms with Crippen LogP contribution in [-0.4, -0.2) is 48.4 Å². The largest absolute Gasteiger partial charge is 0.481 e. The number of amides is 2. The third-order valence-corrected chi connectivity index (χ3v) is 9.58. The van der Waals surface area contributed by atoms with Gasteiger partial charge in [0.05, 0.1) is 10.5 Å². The summed E-state index contributed by atoms with van der Waals surface area (Å²) in [6.07, 6.45) is 18.2. The molecule has 0 spiro atoms. The number of unbranched alkanes of at least 4 members (excludes halogenated alkanes) is 14. The summed E-state index contributed by atoms with van der Waals surface area (Å²) in [6.45, 7) is 2.25. The van der Waals surface area contributed by atoms with Crippen LogP contribution in [0.1, 0.15) is 133 Å². The Morgan fingerprint density at radius 3 is 1.73 bits per heavy atom. The number of aliphatic carboxylic acids is 1. The van der Waals surface area contributed by atoms with Gasteiger partial charge in [-0.3, -0.25) is 14.4 Å². The summed E-state index contributed by atoms with van der Waals surface area (Å²) in [4.78, 5) is 47.5. The van der Waals surface area contributed by atoms with E-state index in [1.165, 1.54) is 126 Å². The van der Waals surface area contributed by atoms with Crippen LogP contribution in [0.4, 0.5) is 11.4 Å². The summed E-state index contributed by atoms with van der Waals surface area (Å²) in [6, 6.07) is 9.39. The van der Waals surface area contributed by atoms with E-state index in [2.05, 4.69) is 22.3 Å². The van der Waals surface area contributed by atoms with Gasteiger partial charge in [-0.05, 0) is 55.3 Å².